The van der Waals surface area contributed by atoms with E-state index in [9.17, 15) is 10.1 Å². The van der Waals surface area contributed by atoms with Gasteiger partial charge in [-0.1, -0.05) is 0 Å². The Hall–Kier alpha value is -0.840. The first-order valence-electron chi connectivity index (χ1n) is 4.30. The summed E-state index contributed by atoms with van der Waals surface area (Å²) >= 11 is 0. The lowest BCUT2D eigenvalue weighted by Gasteiger charge is -2.07. The molecular formula is C7H14N2O3. The van der Waals surface area contributed by atoms with Crippen LogP contribution in [0.2, 0.25) is 0 Å². The minimum absolute atomic E-state index is 0.227. The number of nitrogens with zero attached hydrogens (tertiary/aromatic N) is 1. The Bertz CT molecular complexity index is 146. The maximum Gasteiger partial charge on any atom is 0.294 e. The molecule has 1 aliphatic rings. The van der Waals surface area contributed by atoms with Gasteiger partial charge in [0.05, 0.1) is 6.61 Å². The van der Waals surface area contributed by atoms with E-state index in [1.807, 2.05) is 0 Å². The molecule has 0 aromatic carbocycles. The minimum Gasteiger partial charge on any atom is -0.314 e. The Morgan fingerprint density at radius 2 is 2.50 bits per heavy atom. The van der Waals surface area contributed by atoms with Gasteiger partial charge in [0.25, 0.3) is 5.09 Å². The third kappa shape index (κ3) is 3.52. The monoisotopic (exact) mass is 174 g/mol. The highest BCUT2D eigenvalue weighted by molar-refractivity contribution is 4.73. The molecule has 5 nitrogen and oxygen atoms in total. The van der Waals surface area contributed by atoms with Crippen LogP contribution in [0.5, 0.6) is 0 Å². The lowest BCUT2D eigenvalue weighted by Crippen LogP contribution is -2.21. The first-order valence-corrected chi connectivity index (χ1v) is 4.30. The van der Waals surface area contributed by atoms with Crippen molar-refractivity contribution in [3.63, 3.8) is 0 Å². The van der Waals surface area contributed by atoms with E-state index in [1.54, 1.807) is 0 Å². The zero-order chi connectivity index (χ0) is 8.81. The van der Waals surface area contributed by atoms with Crippen molar-refractivity contribution in [2.45, 2.75) is 31.7 Å². The lowest BCUT2D eigenvalue weighted by atomic mass is 10.1. The largest absolute Gasteiger partial charge is 0.314 e. The van der Waals surface area contributed by atoms with Crippen LogP contribution in [0.15, 0.2) is 0 Å². The maximum atomic E-state index is 9.76. The molecule has 0 saturated carbocycles. The van der Waals surface area contributed by atoms with Crippen LogP contribution in [0.4, 0.5) is 0 Å². The molecule has 0 aliphatic carbocycles. The Kier molecular flexibility index (Phi) is 3.79. The van der Waals surface area contributed by atoms with Crippen LogP contribution in [0, 0.1) is 10.1 Å². The van der Waals surface area contributed by atoms with E-state index in [-0.39, 0.29) is 6.61 Å². The van der Waals surface area contributed by atoms with Gasteiger partial charge in [0, 0.05) is 6.04 Å². The molecule has 1 unspecified atom stereocenters. The van der Waals surface area contributed by atoms with E-state index in [0.717, 1.165) is 19.4 Å². The number of rotatable bonds is 5. The van der Waals surface area contributed by atoms with Crippen molar-refractivity contribution in [2.24, 2.45) is 0 Å². The van der Waals surface area contributed by atoms with Gasteiger partial charge in [-0.25, -0.2) is 0 Å². The van der Waals surface area contributed by atoms with Gasteiger partial charge in [-0.3, -0.25) is 0 Å². The second-order valence-corrected chi connectivity index (χ2v) is 2.99. The fraction of sp³-hybridized carbons (Fsp3) is 1.00. The second kappa shape index (κ2) is 4.92. The molecule has 70 valence electrons. The fourth-order valence-corrected chi connectivity index (χ4v) is 1.47. The van der Waals surface area contributed by atoms with Crippen molar-refractivity contribution in [3.8, 4) is 0 Å². The van der Waals surface area contributed by atoms with Gasteiger partial charge in [0.15, 0.2) is 0 Å². The van der Waals surface area contributed by atoms with Crippen LogP contribution in [0.1, 0.15) is 25.7 Å². The molecule has 0 spiro atoms. The molecule has 0 amide bonds. The predicted molar refractivity (Wildman–Crippen MR) is 43.2 cm³/mol. The molecule has 0 aromatic rings. The number of hydrogen-bond acceptors (Lipinski definition) is 4. The van der Waals surface area contributed by atoms with Crippen molar-refractivity contribution in [1.82, 2.24) is 5.32 Å². The van der Waals surface area contributed by atoms with Gasteiger partial charge in [-0.05, 0) is 32.2 Å². The highest BCUT2D eigenvalue weighted by atomic mass is 16.9. The highest BCUT2D eigenvalue weighted by Crippen LogP contribution is 2.10. The number of hydrogen-bond donors (Lipinski definition) is 1. The van der Waals surface area contributed by atoms with E-state index in [2.05, 4.69) is 10.2 Å². The molecule has 5 heteroatoms. The Morgan fingerprint density at radius 1 is 1.67 bits per heavy atom. The fourth-order valence-electron chi connectivity index (χ4n) is 1.47. The molecule has 1 fully saturated rings. The summed E-state index contributed by atoms with van der Waals surface area (Å²) in [7, 11) is 0. The molecule has 1 aliphatic heterocycles. The van der Waals surface area contributed by atoms with Gasteiger partial charge in [0.1, 0.15) is 0 Å². The van der Waals surface area contributed by atoms with Gasteiger partial charge in [-0.2, -0.15) is 0 Å². The van der Waals surface area contributed by atoms with Crippen LogP contribution in [0.3, 0.4) is 0 Å². The third-order valence-corrected chi connectivity index (χ3v) is 2.06. The lowest BCUT2D eigenvalue weighted by molar-refractivity contribution is -0.757. The summed E-state index contributed by atoms with van der Waals surface area (Å²) in [6.45, 7) is 1.31. The summed E-state index contributed by atoms with van der Waals surface area (Å²) < 4.78 is 0. The standard InChI is InChI=1S/C7H14N2O3/c10-9(11)12-6-2-4-7-3-1-5-8-7/h7-8H,1-6H2. The van der Waals surface area contributed by atoms with Gasteiger partial charge in [-0.15, -0.1) is 10.1 Å². The molecule has 1 atom stereocenters. The summed E-state index contributed by atoms with van der Waals surface area (Å²) in [6, 6.07) is 0.556. The number of nitrogens with one attached hydrogen (secondary N) is 1. The summed E-state index contributed by atoms with van der Waals surface area (Å²) in [5.74, 6) is 0. The van der Waals surface area contributed by atoms with E-state index < -0.39 is 5.09 Å². The van der Waals surface area contributed by atoms with E-state index in [4.69, 9.17) is 0 Å². The third-order valence-electron chi connectivity index (χ3n) is 2.06. The average molecular weight is 174 g/mol. The van der Waals surface area contributed by atoms with Gasteiger partial charge < -0.3 is 10.2 Å². The first kappa shape index (κ1) is 9.25. The maximum absolute atomic E-state index is 9.76. The molecule has 0 radical (unpaired) electrons. The zero-order valence-corrected chi connectivity index (χ0v) is 6.99. The molecule has 0 bridgehead atoms. The molecule has 1 heterocycles. The van der Waals surface area contributed by atoms with Crippen LogP contribution >= 0.6 is 0 Å². The van der Waals surface area contributed by atoms with E-state index >= 15 is 0 Å². The summed E-state index contributed by atoms with van der Waals surface area (Å²) in [4.78, 5) is 14.0. The smallest absolute Gasteiger partial charge is 0.294 e. The van der Waals surface area contributed by atoms with Crippen LogP contribution in [-0.4, -0.2) is 24.3 Å². The van der Waals surface area contributed by atoms with Crippen molar-refractivity contribution >= 4 is 0 Å². The summed E-state index contributed by atoms with van der Waals surface area (Å²) in [6.07, 6.45) is 4.16. The van der Waals surface area contributed by atoms with E-state index in [0.29, 0.717) is 6.04 Å². The van der Waals surface area contributed by atoms with Crippen molar-refractivity contribution in [1.29, 1.82) is 0 Å². The molecule has 1 saturated heterocycles. The van der Waals surface area contributed by atoms with Crippen molar-refractivity contribution in [3.05, 3.63) is 10.1 Å². The Balaban J connectivity index is 1.91. The SMILES string of the molecule is O=[N+]([O-])OCCCC1CCCN1. The van der Waals surface area contributed by atoms with Crippen molar-refractivity contribution < 1.29 is 9.92 Å². The zero-order valence-electron chi connectivity index (χ0n) is 6.99. The minimum atomic E-state index is -0.734. The quantitative estimate of drug-likeness (QED) is 0.379. The van der Waals surface area contributed by atoms with Crippen LogP contribution in [0.25, 0.3) is 0 Å². The molecule has 12 heavy (non-hydrogen) atoms. The first-order chi connectivity index (χ1) is 5.79. The van der Waals surface area contributed by atoms with Gasteiger partial charge in [0.2, 0.25) is 0 Å². The van der Waals surface area contributed by atoms with Crippen molar-refractivity contribution in [2.75, 3.05) is 13.2 Å². The van der Waals surface area contributed by atoms with E-state index in [1.165, 1.54) is 12.8 Å². The molecular weight excluding hydrogens is 160 g/mol. The summed E-state index contributed by atoms with van der Waals surface area (Å²) in [5.41, 5.74) is 0. The average Bonchev–Trinajstić information content (AvgIpc) is 2.49. The normalized spacial score (nSPS) is 22.5. The topological polar surface area (TPSA) is 64.4 Å². The van der Waals surface area contributed by atoms with Crippen LogP contribution in [-0.2, 0) is 4.84 Å². The predicted octanol–water partition coefficient (Wildman–Crippen LogP) is 0.727. The Morgan fingerprint density at radius 3 is 3.08 bits per heavy atom. The Labute approximate surface area is 71.2 Å². The van der Waals surface area contributed by atoms with Gasteiger partial charge >= 0.3 is 0 Å². The second-order valence-electron chi connectivity index (χ2n) is 2.99. The summed E-state index contributed by atoms with van der Waals surface area (Å²) in [5, 5.41) is 12.3. The highest BCUT2D eigenvalue weighted by Gasteiger charge is 2.12. The van der Waals surface area contributed by atoms with Crippen LogP contribution < -0.4 is 5.32 Å². The molecule has 1 rings (SSSR count). The molecule has 1 N–H and O–H groups in total. The molecule has 0 aromatic heterocycles.